The molecule has 0 aliphatic heterocycles. The van der Waals surface area contributed by atoms with E-state index in [1.165, 1.54) is 30.5 Å². The van der Waals surface area contributed by atoms with Gasteiger partial charge in [-0.25, -0.2) is 8.42 Å². The van der Waals surface area contributed by atoms with Gasteiger partial charge in [0, 0.05) is 5.56 Å². The number of Topliss-reactive ketones (excluding diaryl/α,β-unsaturated/α-hetero) is 1. The van der Waals surface area contributed by atoms with Crippen LogP contribution in [0.2, 0.25) is 0 Å². The number of hydrogen-bond donors (Lipinski definition) is 0. The molecular weight excluding hydrogens is 249 g/mol. The third kappa shape index (κ3) is 3.30. The molecule has 0 saturated heterocycles. The average molecular weight is 257 g/mol. The number of carbonyl (C=O) groups excluding carboxylic acids is 1. The standard InChI is InChI=1S/C9H8NO4PS/c10-6-14-5-9(11)7-1-3-8(4-2-7)16(12,13)15/h1-4H,5,15H2. The Bertz CT molecular complexity index is 530. The van der Waals surface area contributed by atoms with Crippen molar-refractivity contribution in [3.05, 3.63) is 29.8 Å². The first-order chi connectivity index (χ1) is 7.45. The second-order valence-corrected chi connectivity index (χ2v) is 6.30. The van der Waals surface area contributed by atoms with Gasteiger partial charge in [0.1, 0.15) is 0 Å². The Balaban J connectivity index is 2.88. The molecule has 1 unspecified atom stereocenters. The SMILES string of the molecule is N#COCC(=O)c1ccc(S(=O)(=O)P)cc1. The van der Waals surface area contributed by atoms with E-state index in [9.17, 15) is 13.2 Å². The maximum atomic E-state index is 11.3. The molecule has 0 aliphatic carbocycles. The van der Waals surface area contributed by atoms with Gasteiger partial charge in [-0.1, -0.05) is 0 Å². The lowest BCUT2D eigenvalue weighted by molar-refractivity contribution is 0.0898. The molecular formula is C9H8NO4PS. The Kier molecular flexibility index (Phi) is 3.99. The lowest BCUT2D eigenvalue weighted by atomic mass is 10.1. The Labute approximate surface area is 94.9 Å². The fourth-order valence-corrected chi connectivity index (χ4v) is 2.00. The molecule has 0 bridgehead atoms. The maximum Gasteiger partial charge on any atom is 0.286 e. The topological polar surface area (TPSA) is 84.2 Å². The van der Waals surface area contributed by atoms with Crippen LogP contribution in [0.25, 0.3) is 0 Å². The molecule has 0 heterocycles. The summed E-state index contributed by atoms with van der Waals surface area (Å²) in [6, 6.07) is 5.39. The fourth-order valence-electron chi connectivity index (χ4n) is 1.01. The minimum atomic E-state index is -3.34. The first kappa shape index (κ1) is 12.6. The zero-order valence-corrected chi connectivity index (χ0v) is 10.1. The summed E-state index contributed by atoms with van der Waals surface area (Å²) in [5, 5.41) is 8.11. The zero-order chi connectivity index (χ0) is 12.2. The molecule has 0 aromatic heterocycles. The molecule has 0 aliphatic rings. The van der Waals surface area contributed by atoms with Crippen molar-refractivity contribution in [2.45, 2.75) is 4.90 Å². The molecule has 1 aromatic carbocycles. The van der Waals surface area contributed by atoms with Crippen LogP contribution in [0.1, 0.15) is 10.4 Å². The first-order valence-electron chi connectivity index (χ1n) is 4.12. The fraction of sp³-hybridized carbons (Fsp3) is 0.111. The minimum absolute atomic E-state index is 0.107. The molecule has 1 atom stereocenters. The van der Waals surface area contributed by atoms with Crippen LogP contribution in [0.15, 0.2) is 29.2 Å². The van der Waals surface area contributed by atoms with Crippen molar-refractivity contribution >= 4 is 23.7 Å². The van der Waals surface area contributed by atoms with Gasteiger partial charge in [-0.2, -0.15) is 5.26 Å². The molecule has 0 amide bonds. The van der Waals surface area contributed by atoms with Crippen molar-refractivity contribution in [1.29, 1.82) is 5.26 Å². The van der Waals surface area contributed by atoms with Gasteiger partial charge in [0.25, 0.3) is 6.26 Å². The summed E-state index contributed by atoms with van der Waals surface area (Å²) in [6.45, 7) is -0.344. The van der Waals surface area contributed by atoms with Crippen LogP contribution in [0.5, 0.6) is 0 Å². The average Bonchev–Trinajstić information content (AvgIpc) is 2.25. The van der Waals surface area contributed by atoms with E-state index in [2.05, 4.69) is 4.74 Å². The number of benzene rings is 1. The highest BCUT2D eigenvalue weighted by Crippen LogP contribution is 2.17. The predicted octanol–water partition coefficient (Wildman–Crippen LogP) is 0.931. The molecule has 7 heteroatoms. The number of ether oxygens (including phenoxy) is 1. The van der Waals surface area contributed by atoms with Crippen LogP contribution in [0.3, 0.4) is 0 Å². The second kappa shape index (κ2) is 5.06. The Morgan fingerprint density at radius 3 is 2.38 bits per heavy atom. The number of hydrogen-bond acceptors (Lipinski definition) is 5. The number of ketones is 1. The molecule has 5 nitrogen and oxygen atoms in total. The van der Waals surface area contributed by atoms with Gasteiger partial charge < -0.3 is 4.74 Å². The van der Waals surface area contributed by atoms with Gasteiger partial charge in [-0.05, 0) is 32.7 Å². The third-order valence-corrected chi connectivity index (χ3v) is 3.52. The van der Waals surface area contributed by atoms with Crippen LogP contribution >= 0.6 is 8.44 Å². The molecule has 1 rings (SSSR count). The van der Waals surface area contributed by atoms with Crippen LogP contribution in [-0.2, 0) is 14.2 Å². The van der Waals surface area contributed by atoms with Crippen molar-refractivity contribution in [3.63, 3.8) is 0 Å². The lowest BCUT2D eigenvalue weighted by Crippen LogP contribution is -2.06. The van der Waals surface area contributed by atoms with Crippen LogP contribution in [0, 0.1) is 11.5 Å². The minimum Gasteiger partial charge on any atom is -0.419 e. The highest BCUT2D eigenvalue weighted by Gasteiger charge is 2.10. The van der Waals surface area contributed by atoms with E-state index >= 15 is 0 Å². The molecule has 16 heavy (non-hydrogen) atoms. The summed E-state index contributed by atoms with van der Waals surface area (Å²) in [6.07, 6.45) is 1.38. The third-order valence-electron chi connectivity index (χ3n) is 1.77. The molecule has 0 saturated carbocycles. The van der Waals surface area contributed by atoms with Crippen molar-refractivity contribution < 1.29 is 17.9 Å². The number of nitrogens with zero attached hydrogens (tertiary/aromatic N) is 1. The lowest BCUT2D eigenvalue weighted by Gasteiger charge is -2.00. The van der Waals surface area contributed by atoms with Gasteiger partial charge in [-0.15, -0.1) is 0 Å². The molecule has 0 radical (unpaired) electrons. The summed E-state index contributed by atoms with van der Waals surface area (Å²) >= 11 is 0. The summed E-state index contributed by atoms with van der Waals surface area (Å²) in [5.74, 6) is -0.380. The van der Waals surface area contributed by atoms with E-state index in [0.29, 0.717) is 5.56 Å². The Morgan fingerprint density at radius 2 is 1.94 bits per heavy atom. The van der Waals surface area contributed by atoms with Gasteiger partial charge in [0.15, 0.2) is 16.1 Å². The number of carbonyl (C=O) groups is 1. The summed E-state index contributed by atoms with van der Waals surface area (Å²) in [5.41, 5.74) is 0.299. The normalized spacial score (nSPS) is 10.5. The van der Waals surface area contributed by atoms with Crippen molar-refractivity contribution in [3.8, 4) is 6.26 Å². The van der Waals surface area contributed by atoms with Crippen LogP contribution in [-0.4, -0.2) is 20.8 Å². The first-order valence-corrected chi connectivity index (χ1v) is 7.08. The molecule has 1 aromatic rings. The largest absolute Gasteiger partial charge is 0.419 e. The van der Waals surface area contributed by atoms with E-state index in [1.54, 1.807) is 8.44 Å². The van der Waals surface area contributed by atoms with E-state index in [1.807, 2.05) is 0 Å². The van der Waals surface area contributed by atoms with Gasteiger partial charge in [0.2, 0.25) is 5.78 Å². The summed E-state index contributed by atoms with van der Waals surface area (Å²) in [4.78, 5) is 11.4. The Morgan fingerprint density at radius 1 is 1.38 bits per heavy atom. The van der Waals surface area contributed by atoms with Crippen LogP contribution < -0.4 is 0 Å². The highest BCUT2D eigenvalue weighted by atomic mass is 32.7. The summed E-state index contributed by atoms with van der Waals surface area (Å²) < 4.78 is 26.5. The molecule has 0 N–H and O–H groups in total. The van der Waals surface area contributed by atoms with Crippen molar-refractivity contribution in [2.75, 3.05) is 6.61 Å². The smallest absolute Gasteiger partial charge is 0.286 e. The maximum absolute atomic E-state index is 11.3. The van der Waals surface area contributed by atoms with E-state index in [4.69, 9.17) is 5.26 Å². The van der Waals surface area contributed by atoms with Gasteiger partial charge >= 0.3 is 0 Å². The van der Waals surface area contributed by atoms with Crippen molar-refractivity contribution in [2.24, 2.45) is 0 Å². The Hall–Kier alpha value is -1.44. The van der Waals surface area contributed by atoms with Gasteiger partial charge in [0.05, 0.1) is 4.90 Å². The highest BCUT2D eigenvalue weighted by molar-refractivity contribution is 8.37. The zero-order valence-electron chi connectivity index (χ0n) is 8.08. The molecule has 0 fully saturated rings. The van der Waals surface area contributed by atoms with E-state index < -0.39 is 9.46 Å². The van der Waals surface area contributed by atoms with E-state index in [0.717, 1.165) is 0 Å². The summed E-state index contributed by atoms with van der Waals surface area (Å²) in [7, 11) is -1.62. The molecule has 0 spiro atoms. The quantitative estimate of drug-likeness (QED) is 0.455. The van der Waals surface area contributed by atoms with Gasteiger partial charge in [-0.3, -0.25) is 4.79 Å². The predicted molar refractivity (Wildman–Crippen MR) is 59.2 cm³/mol. The van der Waals surface area contributed by atoms with Crippen molar-refractivity contribution in [1.82, 2.24) is 0 Å². The molecule has 84 valence electrons. The number of nitriles is 1. The number of rotatable bonds is 4. The second-order valence-electron chi connectivity index (χ2n) is 2.87. The monoisotopic (exact) mass is 257 g/mol. The van der Waals surface area contributed by atoms with E-state index in [-0.39, 0.29) is 17.3 Å². The van der Waals surface area contributed by atoms with Crippen LogP contribution in [0.4, 0.5) is 0 Å².